The van der Waals surface area contributed by atoms with Crippen LogP contribution in [0.5, 0.6) is 0 Å². The molecule has 0 aliphatic carbocycles. The summed E-state index contributed by atoms with van der Waals surface area (Å²) >= 11 is 1.49. The van der Waals surface area contributed by atoms with E-state index < -0.39 is 6.17 Å². The van der Waals surface area contributed by atoms with Crippen molar-refractivity contribution >= 4 is 28.6 Å². The Balaban J connectivity index is 1.67. The molecule has 0 bridgehead atoms. The Bertz CT molecular complexity index is 1270. The molecule has 1 unspecified atom stereocenters. The predicted octanol–water partition coefficient (Wildman–Crippen LogP) is 4.45. The van der Waals surface area contributed by atoms with Gasteiger partial charge < -0.3 is 19.8 Å². The SMILES string of the molecule is CSc1cc(C)[nH]c(=O)c1CNC(=O)c1c(C)n([C@H](C)C2CCN(C)C[C@H]2F)c2ccccc12. The second-order valence-corrected chi connectivity index (χ2v) is 10.2. The number of aromatic nitrogens is 2. The van der Waals surface area contributed by atoms with Crippen LogP contribution in [0, 0.1) is 19.8 Å². The molecule has 6 nitrogen and oxygen atoms in total. The normalized spacial score (nSPS) is 19.9. The number of carbonyl (C=O) groups excluding carboxylic acids is 1. The molecule has 1 fully saturated rings. The molecule has 1 saturated heterocycles. The molecule has 0 spiro atoms. The topological polar surface area (TPSA) is 70.1 Å². The average molecular weight is 485 g/mol. The highest BCUT2D eigenvalue weighted by atomic mass is 32.2. The molecular formula is C26H33FN4O2S. The number of aryl methyl sites for hydroxylation is 1. The van der Waals surface area contributed by atoms with Crippen molar-refractivity contribution in [2.75, 3.05) is 26.4 Å². The number of fused-ring (bicyclic) bond motifs is 1. The van der Waals surface area contributed by atoms with Crippen LogP contribution in [-0.4, -0.2) is 52.9 Å². The number of nitrogens with one attached hydrogen (secondary N) is 2. The number of H-pyrrole nitrogens is 1. The Labute approximate surface area is 203 Å². The van der Waals surface area contributed by atoms with Gasteiger partial charge in [0.2, 0.25) is 0 Å². The molecule has 3 aromatic rings. The standard InChI is InChI=1S/C26H33FN4O2S/c1-15-12-23(34-5)20(25(32)29-15)13-28-26(33)24-17(3)31(22-9-7-6-8-19(22)24)16(2)18-10-11-30(4)14-21(18)27/h6-9,12,16,18,21H,10-11,13-14H2,1-5H3,(H,28,33)(H,29,32)/t16-,18?,21-/m1/s1. The zero-order valence-corrected chi connectivity index (χ0v) is 21.3. The number of para-hydroxylation sites is 1. The molecule has 2 aromatic heterocycles. The summed E-state index contributed by atoms with van der Waals surface area (Å²) in [5.41, 5.74) is 3.49. The Hall–Kier alpha value is -2.58. The first-order valence-corrected chi connectivity index (χ1v) is 12.9. The molecule has 0 radical (unpaired) electrons. The molecule has 1 aliphatic rings. The first-order valence-electron chi connectivity index (χ1n) is 11.7. The molecule has 182 valence electrons. The van der Waals surface area contributed by atoms with Crippen LogP contribution in [0.1, 0.15) is 46.7 Å². The minimum Gasteiger partial charge on any atom is -0.348 e. The molecule has 8 heteroatoms. The van der Waals surface area contributed by atoms with Crippen molar-refractivity contribution in [2.24, 2.45) is 5.92 Å². The number of halogens is 1. The van der Waals surface area contributed by atoms with Gasteiger partial charge in [0.1, 0.15) is 6.17 Å². The summed E-state index contributed by atoms with van der Waals surface area (Å²) in [6.45, 7) is 7.27. The van der Waals surface area contributed by atoms with Crippen LogP contribution in [0.4, 0.5) is 4.39 Å². The number of benzene rings is 1. The van der Waals surface area contributed by atoms with Gasteiger partial charge in [-0.1, -0.05) is 18.2 Å². The van der Waals surface area contributed by atoms with Crippen LogP contribution in [0.15, 0.2) is 40.0 Å². The molecule has 3 heterocycles. The highest BCUT2D eigenvalue weighted by molar-refractivity contribution is 7.98. The third-order valence-electron chi connectivity index (χ3n) is 7.08. The van der Waals surface area contributed by atoms with Crippen LogP contribution < -0.4 is 10.9 Å². The van der Waals surface area contributed by atoms with Gasteiger partial charge in [0, 0.05) is 57.8 Å². The van der Waals surface area contributed by atoms with E-state index in [4.69, 9.17) is 0 Å². The fraction of sp³-hybridized carbons (Fsp3) is 0.462. The molecule has 1 amide bonds. The smallest absolute Gasteiger partial charge is 0.254 e. The van der Waals surface area contributed by atoms with Crippen molar-refractivity contribution in [1.82, 2.24) is 19.8 Å². The van der Waals surface area contributed by atoms with Crippen molar-refractivity contribution in [3.05, 3.63) is 63.2 Å². The summed E-state index contributed by atoms with van der Waals surface area (Å²) in [4.78, 5) is 31.6. The van der Waals surface area contributed by atoms with E-state index in [1.54, 1.807) is 0 Å². The molecule has 3 atom stereocenters. The Kier molecular flexibility index (Phi) is 7.19. The molecular weight excluding hydrogens is 451 g/mol. The van der Waals surface area contributed by atoms with Gasteiger partial charge in [0.25, 0.3) is 11.5 Å². The van der Waals surface area contributed by atoms with E-state index in [0.717, 1.165) is 40.2 Å². The number of carbonyl (C=O) groups is 1. The Morgan fingerprint density at radius 3 is 2.76 bits per heavy atom. The van der Waals surface area contributed by atoms with E-state index in [2.05, 4.69) is 21.8 Å². The van der Waals surface area contributed by atoms with E-state index in [0.29, 0.717) is 17.7 Å². The number of piperidine rings is 1. The molecule has 34 heavy (non-hydrogen) atoms. The zero-order valence-electron chi connectivity index (χ0n) is 20.4. The van der Waals surface area contributed by atoms with Crippen LogP contribution in [-0.2, 0) is 6.54 Å². The number of amides is 1. The Morgan fingerprint density at radius 2 is 2.06 bits per heavy atom. The van der Waals surface area contributed by atoms with E-state index >= 15 is 4.39 Å². The second kappa shape index (κ2) is 9.96. The Morgan fingerprint density at radius 1 is 1.32 bits per heavy atom. The number of hydrogen-bond acceptors (Lipinski definition) is 4. The lowest BCUT2D eigenvalue weighted by atomic mass is 9.88. The van der Waals surface area contributed by atoms with Crippen LogP contribution in [0.3, 0.4) is 0 Å². The monoisotopic (exact) mass is 484 g/mol. The van der Waals surface area contributed by atoms with E-state index in [-0.39, 0.29) is 30.0 Å². The van der Waals surface area contributed by atoms with Crippen molar-refractivity contribution in [2.45, 2.75) is 50.8 Å². The highest BCUT2D eigenvalue weighted by Crippen LogP contribution is 2.36. The van der Waals surface area contributed by atoms with Gasteiger partial charge in [0.05, 0.1) is 5.56 Å². The maximum atomic E-state index is 15.0. The number of likely N-dealkylation sites (tertiary alicyclic amines) is 1. The maximum Gasteiger partial charge on any atom is 0.254 e. The number of aromatic amines is 1. The van der Waals surface area contributed by atoms with Crippen molar-refractivity contribution in [3.8, 4) is 0 Å². The van der Waals surface area contributed by atoms with E-state index in [1.165, 1.54) is 11.8 Å². The second-order valence-electron chi connectivity index (χ2n) is 9.33. The maximum absolute atomic E-state index is 15.0. The van der Waals surface area contributed by atoms with Crippen molar-refractivity contribution < 1.29 is 9.18 Å². The fourth-order valence-corrected chi connectivity index (χ4v) is 6.01. The number of hydrogen-bond donors (Lipinski definition) is 2. The molecule has 1 aliphatic heterocycles. The van der Waals surface area contributed by atoms with Gasteiger partial charge in [-0.3, -0.25) is 9.59 Å². The number of rotatable bonds is 6. The van der Waals surface area contributed by atoms with Gasteiger partial charge in [-0.2, -0.15) is 0 Å². The van der Waals surface area contributed by atoms with Crippen molar-refractivity contribution in [3.63, 3.8) is 0 Å². The van der Waals surface area contributed by atoms with Gasteiger partial charge >= 0.3 is 0 Å². The van der Waals surface area contributed by atoms with E-state index in [1.807, 2.05) is 62.4 Å². The minimum absolute atomic E-state index is 0.0850. The number of thioether (sulfide) groups is 1. The summed E-state index contributed by atoms with van der Waals surface area (Å²) < 4.78 is 17.1. The lowest BCUT2D eigenvalue weighted by Crippen LogP contribution is -2.42. The molecule has 0 saturated carbocycles. The first-order chi connectivity index (χ1) is 16.2. The van der Waals surface area contributed by atoms with Gasteiger partial charge in [-0.05, 0) is 59.2 Å². The van der Waals surface area contributed by atoms with Crippen LogP contribution in [0.25, 0.3) is 10.9 Å². The lowest BCUT2D eigenvalue weighted by molar-refractivity contribution is 0.0744. The molecule has 2 N–H and O–H groups in total. The quantitative estimate of drug-likeness (QED) is 0.507. The third-order valence-corrected chi connectivity index (χ3v) is 7.88. The predicted molar refractivity (Wildman–Crippen MR) is 137 cm³/mol. The highest BCUT2D eigenvalue weighted by Gasteiger charge is 2.34. The number of pyridine rings is 1. The van der Waals surface area contributed by atoms with Crippen LogP contribution >= 0.6 is 11.8 Å². The van der Waals surface area contributed by atoms with E-state index in [9.17, 15) is 9.59 Å². The van der Waals surface area contributed by atoms with Crippen LogP contribution in [0.2, 0.25) is 0 Å². The van der Waals surface area contributed by atoms with Gasteiger partial charge in [0.15, 0.2) is 0 Å². The number of nitrogens with zero attached hydrogens (tertiary/aromatic N) is 2. The first kappa shape index (κ1) is 24.5. The summed E-state index contributed by atoms with van der Waals surface area (Å²) in [5, 5.41) is 3.81. The lowest BCUT2D eigenvalue weighted by Gasteiger charge is -2.37. The molecule has 1 aromatic carbocycles. The minimum atomic E-state index is -0.912. The van der Waals surface area contributed by atoms with Gasteiger partial charge in [-0.25, -0.2) is 4.39 Å². The fourth-order valence-electron chi connectivity index (χ4n) is 5.31. The van der Waals surface area contributed by atoms with Crippen molar-refractivity contribution in [1.29, 1.82) is 0 Å². The molecule has 4 rings (SSSR count). The number of alkyl halides is 1. The largest absolute Gasteiger partial charge is 0.348 e. The summed E-state index contributed by atoms with van der Waals surface area (Å²) in [5.74, 6) is -0.344. The third kappa shape index (κ3) is 4.53. The zero-order chi connectivity index (χ0) is 24.6. The summed E-state index contributed by atoms with van der Waals surface area (Å²) in [6, 6.07) is 9.63. The summed E-state index contributed by atoms with van der Waals surface area (Å²) in [7, 11) is 1.95. The van der Waals surface area contributed by atoms with Gasteiger partial charge in [-0.15, -0.1) is 11.8 Å². The average Bonchev–Trinajstić information content (AvgIpc) is 3.09. The summed E-state index contributed by atoms with van der Waals surface area (Å²) in [6.07, 6.45) is 1.78.